The van der Waals surface area contributed by atoms with Gasteiger partial charge >= 0.3 is 0 Å². The maximum atomic E-state index is 11.8. The molecule has 96 valence electrons. The van der Waals surface area contributed by atoms with E-state index in [0.29, 0.717) is 18.9 Å². The number of carbonyl (C=O) groups excluding carboxylic acids is 2. The number of likely N-dealkylation sites (tertiary alicyclic amines) is 1. The van der Waals surface area contributed by atoms with Crippen LogP contribution in [-0.2, 0) is 9.59 Å². The van der Waals surface area contributed by atoms with E-state index >= 15 is 0 Å². The number of rotatable bonds is 3. The monoisotopic (exact) mass is 238 g/mol. The maximum Gasteiger partial charge on any atom is 0.223 e. The molecule has 2 fully saturated rings. The van der Waals surface area contributed by atoms with Gasteiger partial charge in [0.1, 0.15) is 0 Å². The van der Waals surface area contributed by atoms with Gasteiger partial charge in [-0.2, -0.15) is 0 Å². The molecule has 4 nitrogen and oxygen atoms in total. The standard InChI is InChI=1S/C13H22N2O2/c14-13(17)11-7-12(16)15(9-11)8-10-5-3-1-2-4-6-10/h10-11H,1-9H2,(H2,14,17). The summed E-state index contributed by atoms with van der Waals surface area (Å²) in [5.74, 6) is 0.154. The zero-order valence-corrected chi connectivity index (χ0v) is 10.4. The van der Waals surface area contributed by atoms with Crippen molar-refractivity contribution in [1.82, 2.24) is 4.90 Å². The minimum Gasteiger partial charge on any atom is -0.369 e. The van der Waals surface area contributed by atoms with Crippen LogP contribution in [0, 0.1) is 11.8 Å². The van der Waals surface area contributed by atoms with Gasteiger partial charge in [-0.1, -0.05) is 25.7 Å². The second kappa shape index (κ2) is 5.52. The van der Waals surface area contributed by atoms with Crippen LogP contribution >= 0.6 is 0 Å². The van der Waals surface area contributed by atoms with Gasteiger partial charge in [-0.05, 0) is 18.8 Å². The second-order valence-corrected chi connectivity index (χ2v) is 5.46. The normalized spacial score (nSPS) is 27.2. The van der Waals surface area contributed by atoms with E-state index in [1.165, 1.54) is 38.5 Å². The zero-order chi connectivity index (χ0) is 12.3. The molecule has 1 saturated carbocycles. The molecule has 0 aromatic rings. The summed E-state index contributed by atoms with van der Waals surface area (Å²) in [6, 6.07) is 0. The van der Waals surface area contributed by atoms with Crippen LogP contribution in [0.3, 0.4) is 0 Å². The Morgan fingerprint density at radius 1 is 1.24 bits per heavy atom. The summed E-state index contributed by atoms with van der Waals surface area (Å²) in [4.78, 5) is 24.7. The molecular weight excluding hydrogens is 216 g/mol. The van der Waals surface area contributed by atoms with Crippen molar-refractivity contribution < 1.29 is 9.59 Å². The maximum absolute atomic E-state index is 11.8. The lowest BCUT2D eigenvalue weighted by atomic mass is 10.00. The van der Waals surface area contributed by atoms with Crippen LogP contribution in [0.4, 0.5) is 0 Å². The van der Waals surface area contributed by atoms with Crippen molar-refractivity contribution in [3.8, 4) is 0 Å². The number of hydrogen-bond acceptors (Lipinski definition) is 2. The van der Waals surface area contributed by atoms with E-state index in [2.05, 4.69) is 0 Å². The molecule has 2 N–H and O–H groups in total. The SMILES string of the molecule is NC(=O)C1CC(=O)N(CC2CCCCCC2)C1. The summed E-state index contributed by atoms with van der Waals surface area (Å²) in [5, 5.41) is 0. The van der Waals surface area contributed by atoms with Crippen molar-refractivity contribution in [2.24, 2.45) is 17.6 Å². The van der Waals surface area contributed by atoms with Gasteiger partial charge in [0.05, 0.1) is 5.92 Å². The fourth-order valence-corrected chi connectivity index (χ4v) is 3.00. The Morgan fingerprint density at radius 3 is 2.41 bits per heavy atom. The van der Waals surface area contributed by atoms with E-state index in [4.69, 9.17) is 5.73 Å². The fraction of sp³-hybridized carbons (Fsp3) is 0.846. The molecule has 0 spiro atoms. The summed E-state index contributed by atoms with van der Waals surface area (Å²) >= 11 is 0. The highest BCUT2D eigenvalue weighted by Gasteiger charge is 2.33. The molecule has 2 aliphatic rings. The first-order valence-electron chi connectivity index (χ1n) is 6.74. The first-order chi connectivity index (χ1) is 8.16. The Balaban J connectivity index is 1.86. The van der Waals surface area contributed by atoms with Crippen molar-refractivity contribution in [1.29, 1.82) is 0 Å². The van der Waals surface area contributed by atoms with E-state index in [9.17, 15) is 9.59 Å². The molecule has 0 aromatic heterocycles. The molecule has 0 radical (unpaired) electrons. The molecule has 1 heterocycles. The van der Waals surface area contributed by atoms with Crippen LogP contribution in [0.5, 0.6) is 0 Å². The molecule has 0 aromatic carbocycles. The fourth-order valence-electron chi connectivity index (χ4n) is 3.00. The molecule has 2 amide bonds. The minimum absolute atomic E-state index is 0.109. The van der Waals surface area contributed by atoms with Crippen molar-refractivity contribution in [2.45, 2.75) is 44.9 Å². The molecule has 1 aliphatic heterocycles. The Morgan fingerprint density at radius 2 is 1.88 bits per heavy atom. The van der Waals surface area contributed by atoms with Crippen molar-refractivity contribution in [3.05, 3.63) is 0 Å². The molecule has 2 rings (SSSR count). The van der Waals surface area contributed by atoms with Crippen LogP contribution in [-0.4, -0.2) is 29.8 Å². The van der Waals surface area contributed by atoms with Gasteiger partial charge in [0, 0.05) is 19.5 Å². The highest BCUT2D eigenvalue weighted by atomic mass is 16.2. The predicted octanol–water partition coefficient (Wildman–Crippen LogP) is 1.29. The highest BCUT2D eigenvalue weighted by molar-refractivity contribution is 5.88. The molecule has 1 saturated heterocycles. The Kier molecular flexibility index (Phi) is 4.02. The van der Waals surface area contributed by atoms with Gasteiger partial charge in [0.2, 0.25) is 11.8 Å². The molecule has 0 bridgehead atoms. The topological polar surface area (TPSA) is 63.4 Å². The van der Waals surface area contributed by atoms with Crippen LogP contribution in [0.1, 0.15) is 44.9 Å². The van der Waals surface area contributed by atoms with Crippen LogP contribution < -0.4 is 5.73 Å². The number of amides is 2. The van der Waals surface area contributed by atoms with Crippen LogP contribution in [0.15, 0.2) is 0 Å². The summed E-state index contributed by atoms with van der Waals surface area (Å²) in [6.07, 6.45) is 8.00. The third-order valence-corrected chi connectivity index (χ3v) is 4.07. The zero-order valence-electron chi connectivity index (χ0n) is 10.4. The van der Waals surface area contributed by atoms with Crippen molar-refractivity contribution >= 4 is 11.8 Å². The number of hydrogen-bond donors (Lipinski definition) is 1. The Labute approximate surface area is 103 Å². The smallest absolute Gasteiger partial charge is 0.223 e. The van der Waals surface area contributed by atoms with Gasteiger partial charge in [0.15, 0.2) is 0 Å². The molecule has 1 atom stereocenters. The van der Waals surface area contributed by atoms with Gasteiger partial charge in [-0.15, -0.1) is 0 Å². The number of carbonyl (C=O) groups is 2. The van der Waals surface area contributed by atoms with E-state index in [-0.39, 0.29) is 17.7 Å². The summed E-state index contributed by atoms with van der Waals surface area (Å²) in [7, 11) is 0. The van der Waals surface area contributed by atoms with E-state index in [0.717, 1.165) is 6.54 Å². The highest BCUT2D eigenvalue weighted by Crippen LogP contribution is 2.26. The lowest BCUT2D eigenvalue weighted by Gasteiger charge is -2.22. The lowest BCUT2D eigenvalue weighted by Crippen LogP contribution is -2.32. The number of nitrogens with two attached hydrogens (primary N) is 1. The largest absolute Gasteiger partial charge is 0.369 e. The average Bonchev–Trinajstić information content (AvgIpc) is 2.52. The van der Waals surface area contributed by atoms with Crippen molar-refractivity contribution in [3.63, 3.8) is 0 Å². The molecule has 1 unspecified atom stereocenters. The average molecular weight is 238 g/mol. The minimum atomic E-state index is -0.332. The Hall–Kier alpha value is -1.06. The predicted molar refractivity (Wildman–Crippen MR) is 65.1 cm³/mol. The lowest BCUT2D eigenvalue weighted by molar-refractivity contribution is -0.129. The van der Waals surface area contributed by atoms with Gasteiger partial charge in [-0.3, -0.25) is 9.59 Å². The summed E-state index contributed by atoms with van der Waals surface area (Å²) < 4.78 is 0. The van der Waals surface area contributed by atoms with Crippen LogP contribution in [0.2, 0.25) is 0 Å². The van der Waals surface area contributed by atoms with Crippen LogP contribution in [0.25, 0.3) is 0 Å². The third kappa shape index (κ3) is 3.20. The third-order valence-electron chi connectivity index (χ3n) is 4.07. The van der Waals surface area contributed by atoms with Crippen molar-refractivity contribution in [2.75, 3.05) is 13.1 Å². The molecule has 17 heavy (non-hydrogen) atoms. The van der Waals surface area contributed by atoms with E-state index in [1.807, 2.05) is 4.90 Å². The number of nitrogens with zero attached hydrogens (tertiary/aromatic N) is 1. The first-order valence-corrected chi connectivity index (χ1v) is 6.74. The quantitative estimate of drug-likeness (QED) is 0.753. The van der Waals surface area contributed by atoms with Gasteiger partial charge in [-0.25, -0.2) is 0 Å². The summed E-state index contributed by atoms with van der Waals surface area (Å²) in [6.45, 7) is 1.38. The van der Waals surface area contributed by atoms with Gasteiger partial charge in [0.25, 0.3) is 0 Å². The van der Waals surface area contributed by atoms with E-state index < -0.39 is 0 Å². The number of primary amides is 1. The summed E-state index contributed by atoms with van der Waals surface area (Å²) in [5.41, 5.74) is 5.26. The van der Waals surface area contributed by atoms with Gasteiger partial charge < -0.3 is 10.6 Å². The molecule has 1 aliphatic carbocycles. The molecular formula is C13H22N2O2. The second-order valence-electron chi connectivity index (χ2n) is 5.46. The molecule has 4 heteroatoms. The van der Waals surface area contributed by atoms with E-state index in [1.54, 1.807) is 0 Å². The first kappa shape index (κ1) is 12.4. The Bertz CT molecular complexity index is 296.